The van der Waals surface area contributed by atoms with Gasteiger partial charge in [-0.2, -0.15) is 0 Å². The Morgan fingerprint density at radius 3 is 2.71 bits per heavy atom. The zero-order valence-corrected chi connectivity index (χ0v) is 5.02. The van der Waals surface area contributed by atoms with Crippen molar-refractivity contribution in [1.82, 2.24) is 4.90 Å². The zero-order chi connectivity index (χ0) is 6.15. The van der Waals surface area contributed by atoms with Crippen LogP contribution < -0.4 is 0 Å². The number of likely N-dealkylation sites (tertiary alicyclic amines) is 1. The molecule has 2 atom stereocenters. The molecular weight excluding hydrogens is 86.1 g/mol. The summed E-state index contributed by atoms with van der Waals surface area (Å²) >= 11 is 0. The molecule has 1 aliphatic heterocycles. The minimum absolute atomic E-state index is 0.0741. The Kier molecular flexibility index (Phi) is 1.02. The average Bonchev–Trinajstić information content (AvgIpc) is 1.98. The molecule has 0 N–H and O–H groups in total. The van der Waals surface area contributed by atoms with Crippen LogP contribution in [-0.2, 0) is 0 Å². The van der Waals surface area contributed by atoms with Crippen molar-refractivity contribution in [3.63, 3.8) is 0 Å². The summed E-state index contributed by atoms with van der Waals surface area (Å²) in [6.07, 6.45) is 2.25. The van der Waals surface area contributed by atoms with Crippen LogP contribution in [-0.4, -0.2) is 24.5 Å². The fourth-order valence-corrected chi connectivity index (χ4v) is 0.903. The molecule has 0 aromatic rings. The fraction of sp³-hybridized carbons (Fsp3) is 1.00. The van der Waals surface area contributed by atoms with Crippen molar-refractivity contribution in [2.45, 2.75) is 25.8 Å². The number of nitrogens with zero attached hydrogens (tertiary/aromatic N) is 1. The first-order valence-electron chi connectivity index (χ1n) is 3.43. The normalized spacial score (nSPS) is 46.9. The molecule has 0 bridgehead atoms. The summed E-state index contributed by atoms with van der Waals surface area (Å²) in [6, 6.07) is 0.637. The van der Waals surface area contributed by atoms with Gasteiger partial charge in [0.05, 0.1) is 0 Å². The van der Waals surface area contributed by atoms with E-state index >= 15 is 0 Å². The van der Waals surface area contributed by atoms with E-state index < -0.39 is 0 Å². The third kappa shape index (κ3) is 0.942. The lowest BCUT2D eigenvalue weighted by atomic mass is 10.3. The first kappa shape index (κ1) is 3.90. The van der Waals surface area contributed by atoms with E-state index in [1.807, 2.05) is 7.05 Å². The molecule has 0 aliphatic carbocycles. The molecule has 1 heterocycles. The number of hydrogen-bond donors (Lipinski definition) is 0. The smallest absolute Gasteiger partial charge is 0.0431 e. The average molecular weight is 101 g/mol. The molecule has 0 radical (unpaired) electrons. The predicted octanol–water partition coefficient (Wildman–Crippen LogP) is 1.10. The third-order valence-corrected chi connectivity index (χ3v) is 1.70. The van der Waals surface area contributed by atoms with Crippen molar-refractivity contribution < 1.29 is 1.37 Å². The van der Waals surface area contributed by atoms with Gasteiger partial charge in [-0.1, -0.05) is 0 Å². The van der Waals surface area contributed by atoms with E-state index in [1.54, 1.807) is 0 Å². The molecule has 0 aromatic heterocycles. The first-order valence-corrected chi connectivity index (χ1v) is 2.86. The van der Waals surface area contributed by atoms with Crippen molar-refractivity contribution in [3.05, 3.63) is 0 Å². The van der Waals surface area contributed by atoms with Crippen LogP contribution in [0, 0.1) is 0 Å². The summed E-state index contributed by atoms with van der Waals surface area (Å²) in [5, 5.41) is 0. The van der Waals surface area contributed by atoms with Gasteiger partial charge in [-0.05, 0) is 33.3 Å². The largest absolute Gasteiger partial charge is 0.304 e. The van der Waals surface area contributed by atoms with Crippen molar-refractivity contribution in [3.8, 4) is 0 Å². The van der Waals surface area contributed by atoms with E-state index in [1.165, 1.54) is 6.42 Å². The van der Waals surface area contributed by atoms with E-state index in [0.717, 1.165) is 6.42 Å². The third-order valence-electron chi connectivity index (χ3n) is 1.70. The summed E-state index contributed by atoms with van der Waals surface area (Å²) in [6.45, 7) is 2.25. The number of hydrogen-bond acceptors (Lipinski definition) is 1. The van der Waals surface area contributed by atoms with Gasteiger partial charge in [-0.15, -0.1) is 0 Å². The Labute approximate surface area is 46.7 Å². The molecular formula is C6H13N. The Bertz CT molecular complexity index is 74.6. The highest BCUT2D eigenvalue weighted by Crippen LogP contribution is 2.12. The van der Waals surface area contributed by atoms with Crippen molar-refractivity contribution in [2.24, 2.45) is 0 Å². The maximum atomic E-state index is 7.39. The maximum absolute atomic E-state index is 7.39. The second-order valence-electron chi connectivity index (χ2n) is 2.27. The standard InChI is InChI=1S/C6H13N/c1-6-4-3-5-7(6)2/h6H,3-5H2,1-2H3/i5T. The van der Waals surface area contributed by atoms with Crippen LogP contribution in [0.3, 0.4) is 0 Å². The molecule has 7 heavy (non-hydrogen) atoms. The van der Waals surface area contributed by atoms with Gasteiger partial charge in [0.25, 0.3) is 0 Å². The summed E-state index contributed by atoms with van der Waals surface area (Å²) in [4.78, 5) is 2.11. The van der Waals surface area contributed by atoms with E-state index in [-0.39, 0.29) is 6.52 Å². The van der Waals surface area contributed by atoms with Crippen LogP contribution in [0.1, 0.15) is 21.1 Å². The lowest BCUT2D eigenvalue weighted by Crippen LogP contribution is -2.20. The van der Waals surface area contributed by atoms with Crippen molar-refractivity contribution in [2.75, 3.05) is 13.6 Å². The molecule has 2 unspecified atom stereocenters. The second kappa shape index (κ2) is 1.83. The predicted molar refractivity (Wildman–Crippen MR) is 31.3 cm³/mol. The molecule has 1 rings (SSSR count). The van der Waals surface area contributed by atoms with Crippen molar-refractivity contribution in [1.29, 1.82) is 0 Å². The molecule has 1 fully saturated rings. The number of rotatable bonds is 0. The highest BCUT2D eigenvalue weighted by atomic mass is 15.1. The lowest BCUT2D eigenvalue weighted by Gasteiger charge is -2.12. The van der Waals surface area contributed by atoms with Gasteiger partial charge in [0.1, 0.15) is 0 Å². The Morgan fingerprint density at radius 1 is 1.86 bits per heavy atom. The van der Waals surface area contributed by atoms with Crippen LogP contribution in [0.25, 0.3) is 0 Å². The van der Waals surface area contributed by atoms with Crippen LogP contribution >= 0.6 is 0 Å². The highest BCUT2D eigenvalue weighted by molar-refractivity contribution is 4.70. The van der Waals surface area contributed by atoms with Crippen LogP contribution in [0.15, 0.2) is 0 Å². The summed E-state index contributed by atoms with van der Waals surface area (Å²) in [5.41, 5.74) is 0. The summed E-state index contributed by atoms with van der Waals surface area (Å²) in [7, 11) is 2.02. The zero-order valence-electron chi connectivity index (χ0n) is 6.02. The quantitative estimate of drug-likeness (QED) is 0.441. The minimum atomic E-state index is 0.0741. The topological polar surface area (TPSA) is 3.24 Å². The molecule has 1 saturated heterocycles. The van der Waals surface area contributed by atoms with Crippen LogP contribution in [0.4, 0.5) is 0 Å². The van der Waals surface area contributed by atoms with Crippen molar-refractivity contribution >= 4 is 0 Å². The molecule has 0 spiro atoms. The fourth-order valence-electron chi connectivity index (χ4n) is 0.903. The van der Waals surface area contributed by atoms with Gasteiger partial charge >= 0.3 is 0 Å². The maximum Gasteiger partial charge on any atom is 0.0431 e. The molecule has 0 aromatic carbocycles. The summed E-state index contributed by atoms with van der Waals surface area (Å²) in [5.74, 6) is 0. The second-order valence-corrected chi connectivity index (χ2v) is 2.27. The molecule has 0 saturated carbocycles. The Hall–Kier alpha value is -0.0400. The van der Waals surface area contributed by atoms with Gasteiger partial charge in [0.2, 0.25) is 0 Å². The minimum Gasteiger partial charge on any atom is -0.304 e. The molecule has 1 aliphatic rings. The highest BCUT2D eigenvalue weighted by Gasteiger charge is 2.14. The van der Waals surface area contributed by atoms with Crippen LogP contribution in [0.2, 0.25) is 0 Å². The van der Waals surface area contributed by atoms with Gasteiger partial charge in [0, 0.05) is 7.41 Å². The molecule has 1 nitrogen and oxygen atoms in total. The van der Waals surface area contributed by atoms with E-state index in [0.29, 0.717) is 6.04 Å². The van der Waals surface area contributed by atoms with Crippen LogP contribution in [0.5, 0.6) is 0 Å². The first-order chi connectivity index (χ1) is 3.72. The molecule has 42 valence electrons. The van der Waals surface area contributed by atoms with Gasteiger partial charge in [-0.25, -0.2) is 0 Å². The van der Waals surface area contributed by atoms with Gasteiger partial charge in [0.15, 0.2) is 0 Å². The monoisotopic (exact) mass is 101 g/mol. The Balaban J connectivity index is 2.44. The van der Waals surface area contributed by atoms with Gasteiger partial charge < -0.3 is 4.90 Å². The van der Waals surface area contributed by atoms with Gasteiger partial charge in [-0.3, -0.25) is 0 Å². The summed E-state index contributed by atoms with van der Waals surface area (Å²) < 4.78 is 7.39. The lowest BCUT2D eigenvalue weighted by molar-refractivity contribution is 0.331. The van der Waals surface area contributed by atoms with E-state index in [4.69, 9.17) is 1.37 Å². The van der Waals surface area contributed by atoms with E-state index in [2.05, 4.69) is 11.8 Å². The SMILES string of the molecule is [3H]C1CCC(C)N1C. The Morgan fingerprint density at radius 2 is 2.57 bits per heavy atom. The molecule has 0 amide bonds. The molecule has 1 heteroatoms. The van der Waals surface area contributed by atoms with E-state index in [9.17, 15) is 0 Å².